The summed E-state index contributed by atoms with van der Waals surface area (Å²) < 4.78 is 5.11. The van der Waals surface area contributed by atoms with Crippen molar-refractivity contribution in [3.05, 3.63) is 54.1 Å². The first-order valence-corrected chi connectivity index (χ1v) is 6.10. The molecule has 3 heteroatoms. The lowest BCUT2D eigenvalue weighted by Crippen LogP contribution is -2.33. The summed E-state index contributed by atoms with van der Waals surface area (Å²) in [4.78, 5) is 13.7. The Morgan fingerprint density at radius 1 is 1.50 bits per heavy atom. The van der Waals surface area contributed by atoms with Gasteiger partial charge in [-0.25, -0.2) is 4.79 Å². The molecule has 0 saturated heterocycles. The van der Waals surface area contributed by atoms with Crippen molar-refractivity contribution in [2.45, 2.75) is 13.3 Å². The van der Waals surface area contributed by atoms with Crippen LogP contribution in [0.15, 0.2) is 48.6 Å². The van der Waals surface area contributed by atoms with Crippen LogP contribution in [0.1, 0.15) is 12.5 Å². The third kappa shape index (κ3) is 2.45. The third-order valence-electron chi connectivity index (χ3n) is 2.96. The van der Waals surface area contributed by atoms with Crippen LogP contribution in [-0.4, -0.2) is 19.2 Å². The molecule has 0 aliphatic carbocycles. The van der Waals surface area contributed by atoms with Gasteiger partial charge >= 0.3 is 6.09 Å². The fraction of sp³-hybridized carbons (Fsp3) is 0.267. The molecule has 0 bridgehead atoms. The van der Waals surface area contributed by atoms with Crippen LogP contribution in [0, 0.1) is 0 Å². The van der Waals surface area contributed by atoms with Crippen LogP contribution in [0.25, 0.3) is 0 Å². The van der Waals surface area contributed by atoms with E-state index in [1.54, 1.807) is 11.0 Å². The molecule has 1 aliphatic rings. The van der Waals surface area contributed by atoms with E-state index in [2.05, 4.69) is 12.7 Å². The molecule has 0 fully saturated rings. The second-order valence-electron chi connectivity index (χ2n) is 4.10. The first kappa shape index (κ1) is 12.4. The van der Waals surface area contributed by atoms with Crippen molar-refractivity contribution >= 4 is 11.8 Å². The molecule has 0 saturated carbocycles. The highest BCUT2D eigenvalue weighted by Gasteiger charge is 2.21. The Morgan fingerprint density at radius 3 is 3.00 bits per heavy atom. The number of rotatable bonds is 2. The van der Waals surface area contributed by atoms with Crippen LogP contribution in [0.2, 0.25) is 0 Å². The summed E-state index contributed by atoms with van der Waals surface area (Å²) in [5.74, 6) is 0. The van der Waals surface area contributed by atoms with Gasteiger partial charge in [0.2, 0.25) is 0 Å². The number of anilines is 1. The number of allylic oxidation sites excluding steroid dienone is 1. The maximum atomic E-state index is 12.0. The summed E-state index contributed by atoms with van der Waals surface area (Å²) in [6.45, 7) is 6.49. The number of carbonyl (C=O) groups is 1. The van der Waals surface area contributed by atoms with Crippen LogP contribution in [0.4, 0.5) is 10.5 Å². The van der Waals surface area contributed by atoms with Crippen molar-refractivity contribution in [3.8, 4) is 0 Å². The monoisotopic (exact) mass is 243 g/mol. The number of fused-ring (bicyclic) bond motifs is 1. The molecule has 0 N–H and O–H groups in total. The minimum Gasteiger partial charge on any atom is -0.449 e. The zero-order chi connectivity index (χ0) is 13.0. The molecule has 1 amide bonds. The molecule has 94 valence electrons. The fourth-order valence-electron chi connectivity index (χ4n) is 2.03. The summed E-state index contributed by atoms with van der Waals surface area (Å²) in [5, 5.41) is 0. The lowest BCUT2D eigenvalue weighted by atomic mass is 10.1. The van der Waals surface area contributed by atoms with E-state index in [1.807, 2.05) is 31.2 Å². The van der Waals surface area contributed by atoms with Gasteiger partial charge in [0.25, 0.3) is 0 Å². The molecule has 1 aromatic carbocycles. The largest absolute Gasteiger partial charge is 0.449 e. The normalized spacial score (nSPS) is 14.3. The maximum absolute atomic E-state index is 12.0. The summed E-state index contributed by atoms with van der Waals surface area (Å²) in [6, 6.07) is 7.90. The Kier molecular flexibility index (Phi) is 3.82. The molecule has 0 unspecified atom stereocenters. The van der Waals surface area contributed by atoms with Gasteiger partial charge in [0, 0.05) is 0 Å². The van der Waals surface area contributed by atoms with Gasteiger partial charge in [0.1, 0.15) is 0 Å². The number of nitrogens with zero attached hydrogens (tertiary/aromatic N) is 1. The molecular formula is C15H17NO2. The van der Waals surface area contributed by atoms with E-state index < -0.39 is 0 Å². The topological polar surface area (TPSA) is 29.5 Å². The zero-order valence-electron chi connectivity index (χ0n) is 10.6. The van der Waals surface area contributed by atoms with Crippen LogP contribution >= 0.6 is 0 Å². The maximum Gasteiger partial charge on any atom is 0.414 e. The Labute approximate surface area is 107 Å². The summed E-state index contributed by atoms with van der Waals surface area (Å²) in [5.41, 5.74) is 3.09. The molecule has 0 radical (unpaired) electrons. The molecule has 0 spiro atoms. The minimum atomic E-state index is -0.306. The number of amides is 1. The molecular weight excluding hydrogens is 226 g/mol. The van der Waals surface area contributed by atoms with Gasteiger partial charge in [-0.15, -0.1) is 0 Å². The fourth-order valence-corrected chi connectivity index (χ4v) is 2.03. The van der Waals surface area contributed by atoms with E-state index in [1.165, 1.54) is 0 Å². The van der Waals surface area contributed by atoms with Gasteiger partial charge in [-0.3, -0.25) is 4.90 Å². The molecule has 1 aromatic rings. The highest BCUT2D eigenvalue weighted by molar-refractivity contribution is 5.89. The van der Waals surface area contributed by atoms with E-state index in [0.717, 1.165) is 23.2 Å². The Balaban J connectivity index is 2.39. The second-order valence-corrected chi connectivity index (χ2v) is 4.10. The van der Waals surface area contributed by atoms with Crippen molar-refractivity contribution in [1.82, 2.24) is 0 Å². The standard InChI is InChI=1S/C15H17NO2/c1-3-12-9-10-13-7-5-6-8-14(13)16(11-12)15(17)18-4-2/h3,5-9H,1,4,10-11H2,2H3. The SMILES string of the molecule is C=CC1=CCc2ccccc2N(C(=O)OCC)C1. The van der Waals surface area contributed by atoms with Crippen molar-refractivity contribution in [1.29, 1.82) is 0 Å². The van der Waals surface area contributed by atoms with E-state index >= 15 is 0 Å². The lowest BCUT2D eigenvalue weighted by Gasteiger charge is -2.22. The quantitative estimate of drug-likeness (QED) is 0.797. The highest BCUT2D eigenvalue weighted by atomic mass is 16.6. The summed E-state index contributed by atoms with van der Waals surface area (Å²) >= 11 is 0. The molecule has 0 atom stereocenters. The number of hydrogen-bond acceptors (Lipinski definition) is 2. The zero-order valence-corrected chi connectivity index (χ0v) is 10.6. The Morgan fingerprint density at radius 2 is 2.28 bits per heavy atom. The predicted molar refractivity (Wildman–Crippen MR) is 72.8 cm³/mol. The second kappa shape index (κ2) is 5.54. The van der Waals surface area contributed by atoms with E-state index in [4.69, 9.17) is 4.74 Å². The van der Waals surface area contributed by atoms with Crippen molar-refractivity contribution in [2.24, 2.45) is 0 Å². The average molecular weight is 243 g/mol. The lowest BCUT2D eigenvalue weighted by molar-refractivity contribution is 0.160. The van der Waals surface area contributed by atoms with E-state index in [-0.39, 0.29) is 6.09 Å². The van der Waals surface area contributed by atoms with E-state index in [0.29, 0.717) is 13.2 Å². The van der Waals surface area contributed by atoms with Gasteiger partial charge in [-0.1, -0.05) is 36.9 Å². The number of hydrogen-bond donors (Lipinski definition) is 0. The minimum absolute atomic E-state index is 0.306. The van der Waals surface area contributed by atoms with Crippen molar-refractivity contribution in [2.75, 3.05) is 18.1 Å². The number of para-hydroxylation sites is 1. The van der Waals surface area contributed by atoms with Crippen molar-refractivity contribution < 1.29 is 9.53 Å². The summed E-state index contributed by atoms with van der Waals surface area (Å²) in [6.07, 6.45) is 4.40. The average Bonchev–Trinajstić information content (AvgIpc) is 2.58. The molecule has 18 heavy (non-hydrogen) atoms. The van der Waals surface area contributed by atoms with Crippen molar-refractivity contribution in [3.63, 3.8) is 0 Å². The first-order chi connectivity index (χ1) is 8.76. The van der Waals surface area contributed by atoms with Crippen LogP contribution in [0.5, 0.6) is 0 Å². The van der Waals surface area contributed by atoms with Gasteiger partial charge < -0.3 is 4.74 Å². The van der Waals surface area contributed by atoms with Gasteiger partial charge in [-0.2, -0.15) is 0 Å². The van der Waals surface area contributed by atoms with E-state index in [9.17, 15) is 4.79 Å². The van der Waals surface area contributed by atoms with Crippen LogP contribution in [-0.2, 0) is 11.2 Å². The number of carbonyl (C=O) groups excluding carboxylic acids is 1. The molecule has 0 aromatic heterocycles. The molecule has 3 nitrogen and oxygen atoms in total. The number of ether oxygens (including phenoxy) is 1. The van der Waals surface area contributed by atoms with Gasteiger partial charge in [0.05, 0.1) is 18.8 Å². The number of benzene rings is 1. The van der Waals surface area contributed by atoms with Gasteiger partial charge in [-0.05, 0) is 30.5 Å². The Hall–Kier alpha value is -2.03. The molecule has 1 aliphatic heterocycles. The smallest absolute Gasteiger partial charge is 0.414 e. The first-order valence-electron chi connectivity index (χ1n) is 6.10. The third-order valence-corrected chi connectivity index (χ3v) is 2.96. The predicted octanol–water partition coefficient (Wildman–Crippen LogP) is 3.32. The highest BCUT2D eigenvalue weighted by Crippen LogP contribution is 2.26. The summed E-state index contributed by atoms with van der Waals surface area (Å²) in [7, 11) is 0. The Bertz CT molecular complexity index is 491. The molecule has 1 heterocycles. The van der Waals surface area contributed by atoms with Gasteiger partial charge in [0.15, 0.2) is 0 Å². The van der Waals surface area contributed by atoms with Crippen LogP contribution in [0.3, 0.4) is 0 Å². The van der Waals surface area contributed by atoms with Crippen LogP contribution < -0.4 is 4.90 Å². The molecule has 2 rings (SSSR count).